The number of hydrogen-bond acceptors (Lipinski definition) is 4. The summed E-state index contributed by atoms with van der Waals surface area (Å²) in [5.41, 5.74) is 5.09. The van der Waals surface area contributed by atoms with Gasteiger partial charge < -0.3 is 10.6 Å². The van der Waals surface area contributed by atoms with Gasteiger partial charge in [0.2, 0.25) is 0 Å². The SMILES string of the molecule is CCSc1c(C(=O)N(C)c2ccc(C(C)(F)F)cc2N)sc2cc(C(F)(F)F)ccc12. The molecule has 0 aliphatic heterocycles. The van der Waals surface area contributed by atoms with Gasteiger partial charge in [0, 0.05) is 34.5 Å². The zero-order valence-electron chi connectivity index (χ0n) is 16.8. The van der Waals surface area contributed by atoms with E-state index in [1.807, 2.05) is 6.92 Å². The number of amides is 1. The van der Waals surface area contributed by atoms with E-state index in [0.717, 1.165) is 36.5 Å². The summed E-state index contributed by atoms with van der Waals surface area (Å²) in [4.78, 5) is 15.3. The van der Waals surface area contributed by atoms with Crippen LogP contribution in [0.5, 0.6) is 0 Å². The van der Waals surface area contributed by atoms with Crippen LogP contribution < -0.4 is 10.6 Å². The first-order valence-electron chi connectivity index (χ1n) is 9.17. The summed E-state index contributed by atoms with van der Waals surface area (Å²) in [6.07, 6.45) is -4.49. The molecule has 3 nitrogen and oxygen atoms in total. The molecule has 31 heavy (non-hydrogen) atoms. The number of nitrogens with zero attached hydrogens (tertiary/aromatic N) is 1. The van der Waals surface area contributed by atoms with Crippen LogP contribution in [0.3, 0.4) is 0 Å². The highest BCUT2D eigenvalue weighted by Crippen LogP contribution is 2.42. The zero-order chi connectivity index (χ0) is 23.1. The largest absolute Gasteiger partial charge is 0.416 e. The number of thiophene rings is 1. The van der Waals surface area contributed by atoms with Gasteiger partial charge in [0.25, 0.3) is 11.8 Å². The second-order valence-electron chi connectivity index (χ2n) is 6.93. The molecule has 0 spiro atoms. The highest BCUT2D eigenvalue weighted by atomic mass is 32.2. The van der Waals surface area contributed by atoms with E-state index in [1.165, 1.54) is 41.9 Å². The van der Waals surface area contributed by atoms with E-state index in [9.17, 15) is 26.7 Å². The van der Waals surface area contributed by atoms with Gasteiger partial charge in [-0.25, -0.2) is 8.78 Å². The standard InChI is InChI=1S/C21H19F5N2OS2/c1-4-30-17-13-7-5-12(21(24,25)26)10-16(13)31-18(17)19(29)28(3)15-8-6-11(9-14(15)27)20(2,22)23/h5-10H,4,27H2,1-3H3. The Hall–Kier alpha value is -2.33. The van der Waals surface area contributed by atoms with E-state index in [-0.39, 0.29) is 21.8 Å². The van der Waals surface area contributed by atoms with Crippen LogP contribution in [0.4, 0.5) is 33.3 Å². The molecule has 0 atom stereocenters. The quantitative estimate of drug-likeness (QED) is 0.246. The average Bonchev–Trinajstić information content (AvgIpc) is 3.03. The van der Waals surface area contributed by atoms with E-state index >= 15 is 0 Å². The second kappa shape index (κ2) is 8.31. The van der Waals surface area contributed by atoms with Crippen LogP contribution in [0.1, 0.15) is 34.6 Å². The summed E-state index contributed by atoms with van der Waals surface area (Å²) in [5, 5.41) is 0.565. The Morgan fingerprint density at radius 3 is 2.29 bits per heavy atom. The van der Waals surface area contributed by atoms with E-state index in [0.29, 0.717) is 20.7 Å². The van der Waals surface area contributed by atoms with Crippen molar-refractivity contribution in [3.63, 3.8) is 0 Å². The molecule has 0 unspecified atom stereocenters. The van der Waals surface area contributed by atoms with Gasteiger partial charge in [-0.15, -0.1) is 23.1 Å². The first-order chi connectivity index (χ1) is 14.3. The Labute approximate surface area is 184 Å². The van der Waals surface area contributed by atoms with Crippen LogP contribution in [0.15, 0.2) is 41.3 Å². The topological polar surface area (TPSA) is 46.3 Å². The summed E-state index contributed by atoms with van der Waals surface area (Å²) in [6, 6.07) is 7.04. The number of alkyl halides is 5. The fourth-order valence-corrected chi connectivity index (χ4v) is 5.39. The number of anilines is 2. The molecule has 0 fully saturated rings. The van der Waals surface area contributed by atoms with Gasteiger partial charge >= 0.3 is 6.18 Å². The van der Waals surface area contributed by atoms with Crippen LogP contribution in [0.25, 0.3) is 10.1 Å². The molecule has 3 rings (SSSR count). The number of hydrogen-bond donors (Lipinski definition) is 1. The lowest BCUT2D eigenvalue weighted by molar-refractivity contribution is -0.137. The lowest BCUT2D eigenvalue weighted by Crippen LogP contribution is -2.27. The van der Waals surface area contributed by atoms with E-state index in [2.05, 4.69) is 0 Å². The molecule has 0 bridgehead atoms. The lowest BCUT2D eigenvalue weighted by Gasteiger charge is -2.21. The third-order valence-electron chi connectivity index (χ3n) is 4.66. The molecule has 10 heteroatoms. The van der Waals surface area contributed by atoms with Crippen molar-refractivity contribution in [2.75, 3.05) is 23.4 Å². The van der Waals surface area contributed by atoms with Gasteiger partial charge in [-0.05, 0) is 30.0 Å². The maximum Gasteiger partial charge on any atom is 0.416 e. The van der Waals surface area contributed by atoms with Crippen molar-refractivity contribution in [3.05, 3.63) is 52.4 Å². The Balaban J connectivity index is 2.05. The Kier molecular flexibility index (Phi) is 6.25. The van der Waals surface area contributed by atoms with Crippen molar-refractivity contribution in [3.8, 4) is 0 Å². The molecule has 0 saturated carbocycles. The van der Waals surface area contributed by atoms with Gasteiger partial charge in [0.1, 0.15) is 4.88 Å². The molecule has 3 aromatic rings. The Bertz CT molecular complexity index is 1140. The molecule has 2 N–H and O–H groups in total. The number of carbonyl (C=O) groups excluding carboxylic acids is 1. The molecule has 1 amide bonds. The van der Waals surface area contributed by atoms with Gasteiger partial charge in [-0.2, -0.15) is 13.2 Å². The Morgan fingerprint density at radius 1 is 1.10 bits per heavy atom. The number of rotatable bonds is 5. The van der Waals surface area contributed by atoms with Crippen molar-refractivity contribution in [1.29, 1.82) is 0 Å². The van der Waals surface area contributed by atoms with Gasteiger partial charge in [0.05, 0.1) is 16.9 Å². The van der Waals surface area contributed by atoms with Gasteiger partial charge in [0.15, 0.2) is 0 Å². The molecule has 2 aromatic carbocycles. The third kappa shape index (κ3) is 4.64. The number of benzene rings is 2. The van der Waals surface area contributed by atoms with Crippen molar-refractivity contribution in [2.45, 2.75) is 30.8 Å². The predicted octanol–water partition coefficient (Wildman–Crippen LogP) is 7.00. The highest BCUT2D eigenvalue weighted by Gasteiger charge is 2.32. The number of nitrogen functional groups attached to an aromatic ring is 1. The maximum absolute atomic E-state index is 13.5. The first kappa shape index (κ1) is 23.3. The minimum absolute atomic E-state index is 0.0000355. The molecular formula is C21H19F5N2OS2. The van der Waals surface area contributed by atoms with Crippen LogP contribution in [0.2, 0.25) is 0 Å². The average molecular weight is 475 g/mol. The monoisotopic (exact) mass is 474 g/mol. The second-order valence-corrected chi connectivity index (χ2v) is 9.25. The van der Waals surface area contributed by atoms with Crippen molar-refractivity contribution in [2.24, 2.45) is 0 Å². The first-order valence-corrected chi connectivity index (χ1v) is 11.0. The summed E-state index contributed by atoms with van der Waals surface area (Å²) < 4.78 is 66.7. The highest BCUT2D eigenvalue weighted by molar-refractivity contribution is 7.99. The molecule has 1 aromatic heterocycles. The molecule has 0 aliphatic carbocycles. The van der Waals surface area contributed by atoms with Crippen LogP contribution in [0, 0.1) is 0 Å². The fraction of sp³-hybridized carbons (Fsp3) is 0.286. The van der Waals surface area contributed by atoms with Crippen molar-refractivity contribution in [1.82, 2.24) is 0 Å². The molecular weight excluding hydrogens is 455 g/mol. The van der Waals surface area contributed by atoms with E-state index in [1.54, 1.807) is 0 Å². The summed E-state index contributed by atoms with van der Waals surface area (Å²) in [7, 11) is 1.45. The minimum atomic E-state index is -4.49. The molecule has 166 valence electrons. The van der Waals surface area contributed by atoms with E-state index in [4.69, 9.17) is 5.73 Å². The lowest BCUT2D eigenvalue weighted by atomic mass is 10.1. The smallest absolute Gasteiger partial charge is 0.397 e. The number of carbonyl (C=O) groups is 1. The zero-order valence-corrected chi connectivity index (χ0v) is 18.4. The summed E-state index contributed by atoms with van der Waals surface area (Å²) in [6.45, 7) is 2.62. The Morgan fingerprint density at radius 2 is 1.74 bits per heavy atom. The van der Waals surface area contributed by atoms with Crippen LogP contribution in [-0.2, 0) is 12.1 Å². The fourth-order valence-electron chi connectivity index (χ4n) is 3.07. The van der Waals surface area contributed by atoms with Crippen molar-refractivity contribution < 1.29 is 26.7 Å². The molecule has 1 heterocycles. The number of halogens is 5. The number of thioether (sulfide) groups is 1. The number of nitrogens with two attached hydrogens (primary N) is 1. The predicted molar refractivity (Wildman–Crippen MR) is 116 cm³/mol. The van der Waals surface area contributed by atoms with Gasteiger partial charge in [-0.3, -0.25) is 4.79 Å². The molecule has 0 saturated heterocycles. The minimum Gasteiger partial charge on any atom is -0.397 e. The number of fused-ring (bicyclic) bond motifs is 1. The normalized spacial score (nSPS) is 12.4. The van der Waals surface area contributed by atoms with Gasteiger partial charge in [-0.1, -0.05) is 19.1 Å². The summed E-state index contributed by atoms with van der Waals surface area (Å²) in [5.74, 6) is -2.95. The van der Waals surface area contributed by atoms with Crippen LogP contribution in [-0.4, -0.2) is 18.7 Å². The maximum atomic E-state index is 13.5. The molecule has 0 aliphatic rings. The van der Waals surface area contributed by atoms with E-state index < -0.39 is 23.6 Å². The van der Waals surface area contributed by atoms with Crippen molar-refractivity contribution >= 4 is 50.5 Å². The molecule has 0 radical (unpaired) electrons. The third-order valence-corrected chi connectivity index (χ3v) is 6.93. The summed E-state index contributed by atoms with van der Waals surface area (Å²) >= 11 is 2.32. The van der Waals surface area contributed by atoms with Crippen LogP contribution >= 0.6 is 23.1 Å².